The first kappa shape index (κ1) is 33.3. The van der Waals surface area contributed by atoms with E-state index in [1.54, 1.807) is 36.4 Å². The summed E-state index contributed by atoms with van der Waals surface area (Å²) in [5.74, 6) is -0.266. The van der Waals surface area contributed by atoms with E-state index in [0.29, 0.717) is 31.0 Å². The molecule has 44 heavy (non-hydrogen) atoms. The Hall–Kier alpha value is -2.04. The Bertz CT molecular complexity index is 1540. The summed E-state index contributed by atoms with van der Waals surface area (Å²) >= 11 is 0. The van der Waals surface area contributed by atoms with Crippen molar-refractivity contribution in [2.75, 3.05) is 25.6 Å². The maximum atomic E-state index is 13.7. The number of sulfone groups is 1. The quantitative estimate of drug-likeness (QED) is 0.209. The van der Waals surface area contributed by atoms with Gasteiger partial charge in [-0.2, -0.15) is 8.42 Å². The molecule has 1 spiro atoms. The highest BCUT2D eigenvalue weighted by Crippen LogP contribution is 2.55. The maximum absolute atomic E-state index is 13.7. The second kappa shape index (κ2) is 13.0. The fraction of sp³-hybridized carbons (Fsp3) is 0.600. The van der Waals surface area contributed by atoms with Gasteiger partial charge in [0.1, 0.15) is 0 Å². The van der Waals surface area contributed by atoms with Crippen LogP contribution in [0.5, 0.6) is 0 Å². The number of rotatable bonds is 10. The van der Waals surface area contributed by atoms with Gasteiger partial charge in [-0.1, -0.05) is 67.8 Å². The third-order valence-corrected chi connectivity index (χ3v) is 13.3. The van der Waals surface area contributed by atoms with Crippen LogP contribution in [0, 0.1) is 55.3 Å². The lowest BCUT2D eigenvalue weighted by Crippen LogP contribution is -2.52. The highest BCUT2D eigenvalue weighted by atomic mass is 32.2. The molecule has 0 aromatic heterocycles. The van der Waals surface area contributed by atoms with E-state index in [1.165, 1.54) is 5.57 Å². The molecule has 0 unspecified atom stereocenters. The van der Waals surface area contributed by atoms with Crippen LogP contribution in [0.25, 0.3) is 0 Å². The molecule has 1 saturated heterocycles. The minimum Gasteiger partial charge on any atom is -0.348 e. The summed E-state index contributed by atoms with van der Waals surface area (Å²) < 4.78 is 71.9. The van der Waals surface area contributed by atoms with Crippen LogP contribution in [0.1, 0.15) is 58.1 Å². The van der Waals surface area contributed by atoms with E-state index in [0.717, 1.165) is 17.5 Å². The van der Waals surface area contributed by atoms with E-state index in [4.69, 9.17) is 13.7 Å². The summed E-state index contributed by atoms with van der Waals surface area (Å²) in [6.45, 7) is 13.4. The van der Waals surface area contributed by atoms with Crippen LogP contribution in [0.4, 0.5) is 0 Å². The predicted molar refractivity (Wildman–Crippen MR) is 171 cm³/mol. The topological polar surface area (TPSA) is 96.0 Å². The molecule has 7 nitrogen and oxygen atoms in total. The van der Waals surface area contributed by atoms with Crippen molar-refractivity contribution in [2.45, 2.75) is 76.4 Å². The van der Waals surface area contributed by atoms with Gasteiger partial charge in [0.05, 0.1) is 35.4 Å². The summed E-state index contributed by atoms with van der Waals surface area (Å²) in [4.78, 5) is 0.521. The zero-order valence-electron chi connectivity index (χ0n) is 26.9. The first-order valence-electron chi connectivity index (χ1n) is 15.9. The average Bonchev–Trinajstić information content (AvgIpc) is 3.42. The van der Waals surface area contributed by atoms with Crippen LogP contribution in [0.2, 0.25) is 0 Å². The van der Waals surface area contributed by atoms with E-state index in [-0.39, 0.29) is 58.7 Å². The van der Waals surface area contributed by atoms with E-state index in [9.17, 15) is 16.8 Å². The van der Waals surface area contributed by atoms with Crippen LogP contribution in [-0.2, 0) is 33.6 Å². The van der Waals surface area contributed by atoms with Crippen molar-refractivity contribution in [3.63, 3.8) is 0 Å². The number of hydrogen-bond donors (Lipinski definition) is 0. The molecule has 2 aromatic rings. The SMILES string of the molecule is CC1=C[C@@H]2[C@H]([C@H](C)COS(=O)(=O)c3ccc(C)cc3)CC3(C[C@@H]2[C@H]([C@H](CS(=O)(=O)c2ccc(C)cc2)C(C)C)C1)OCCO3. The van der Waals surface area contributed by atoms with E-state index in [2.05, 4.69) is 33.8 Å². The highest BCUT2D eigenvalue weighted by Gasteiger charge is 2.54. The number of fused-ring (bicyclic) bond motifs is 1. The van der Waals surface area contributed by atoms with Crippen LogP contribution in [0.3, 0.4) is 0 Å². The Morgan fingerprint density at radius 1 is 0.818 bits per heavy atom. The summed E-state index contributed by atoms with van der Waals surface area (Å²) in [7, 11) is -7.41. The molecule has 242 valence electrons. The monoisotopic (exact) mass is 644 g/mol. The average molecular weight is 645 g/mol. The molecule has 6 atom stereocenters. The molecule has 0 amide bonds. The molecule has 0 radical (unpaired) electrons. The van der Waals surface area contributed by atoms with Crippen molar-refractivity contribution in [3.8, 4) is 0 Å². The van der Waals surface area contributed by atoms with Gasteiger partial charge >= 0.3 is 0 Å². The molecule has 2 aliphatic carbocycles. The predicted octanol–water partition coefficient (Wildman–Crippen LogP) is 6.74. The molecule has 9 heteroatoms. The van der Waals surface area contributed by atoms with Crippen LogP contribution < -0.4 is 0 Å². The van der Waals surface area contributed by atoms with Gasteiger partial charge in [-0.3, -0.25) is 4.18 Å². The Balaban J connectivity index is 1.43. The number of allylic oxidation sites excluding steroid dienone is 2. The van der Waals surface area contributed by atoms with Crippen molar-refractivity contribution < 1.29 is 30.5 Å². The molecular formula is C35H48O7S2. The lowest BCUT2D eigenvalue weighted by molar-refractivity contribution is -0.218. The molecule has 3 aliphatic rings. The Labute approximate surface area is 264 Å². The van der Waals surface area contributed by atoms with Crippen molar-refractivity contribution in [1.29, 1.82) is 0 Å². The summed E-state index contributed by atoms with van der Waals surface area (Å²) in [6.07, 6.45) is 4.52. The van der Waals surface area contributed by atoms with Gasteiger partial charge in [-0.25, -0.2) is 8.42 Å². The molecule has 0 bridgehead atoms. The number of hydrogen-bond acceptors (Lipinski definition) is 7. The standard InChI is InChI=1S/C35H48O7S2/c1-23(2)34(22-43(36,37)28-11-7-24(3)8-12-28)31-18-26(5)17-30-32(19-35(20-33(30)31)40-15-16-41-35)27(6)21-42-44(38,39)29-13-9-25(4)10-14-29/h7-14,17,23,27,30-34H,15-16,18-22H2,1-6H3/t27-,30-,31-,32+,33+,34-/m1/s1. The fourth-order valence-electron chi connectivity index (χ4n) is 7.78. The summed E-state index contributed by atoms with van der Waals surface area (Å²) in [6, 6.07) is 13.8. The van der Waals surface area contributed by atoms with E-state index >= 15 is 0 Å². The fourth-order valence-corrected chi connectivity index (χ4v) is 10.7. The molecule has 5 rings (SSSR count). The highest BCUT2D eigenvalue weighted by molar-refractivity contribution is 7.91. The van der Waals surface area contributed by atoms with Gasteiger partial charge in [-0.05, 0) is 92.9 Å². The van der Waals surface area contributed by atoms with Crippen LogP contribution in [0.15, 0.2) is 70.0 Å². The normalized spacial score (nSPS) is 26.8. The Morgan fingerprint density at radius 3 is 1.95 bits per heavy atom. The number of benzene rings is 2. The van der Waals surface area contributed by atoms with Crippen molar-refractivity contribution >= 4 is 20.0 Å². The zero-order chi connectivity index (χ0) is 31.9. The molecular weight excluding hydrogens is 597 g/mol. The van der Waals surface area contributed by atoms with Crippen molar-refractivity contribution in [2.24, 2.45) is 41.4 Å². The van der Waals surface area contributed by atoms with Gasteiger partial charge in [0.25, 0.3) is 10.1 Å². The second-order valence-corrected chi connectivity index (χ2v) is 17.5. The Kier molecular flexibility index (Phi) is 9.84. The first-order chi connectivity index (χ1) is 20.7. The lowest BCUT2D eigenvalue weighted by atomic mass is 9.56. The molecule has 1 heterocycles. The van der Waals surface area contributed by atoms with Gasteiger partial charge in [0.2, 0.25) is 0 Å². The molecule has 1 aliphatic heterocycles. The largest absolute Gasteiger partial charge is 0.348 e. The number of aryl methyl sites for hydroxylation is 2. The third kappa shape index (κ3) is 7.17. The third-order valence-electron chi connectivity index (χ3n) is 10.2. The maximum Gasteiger partial charge on any atom is 0.296 e. The molecule has 0 N–H and O–H groups in total. The molecule has 2 aromatic carbocycles. The summed E-state index contributed by atoms with van der Waals surface area (Å²) in [5.41, 5.74) is 3.26. The lowest BCUT2D eigenvalue weighted by Gasteiger charge is -2.53. The molecule has 2 fully saturated rings. The Morgan fingerprint density at radius 2 is 1.39 bits per heavy atom. The minimum atomic E-state index is -3.91. The van der Waals surface area contributed by atoms with Gasteiger partial charge in [0, 0.05) is 12.8 Å². The first-order valence-corrected chi connectivity index (χ1v) is 19.0. The number of ether oxygens (including phenoxy) is 2. The van der Waals surface area contributed by atoms with Gasteiger partial charge in [0.15, 0.2) is 15.6 Å². The van der Waals surface area contributed by atoms with E-state index < -0.39 is 25.7 Å². The van der Waals surface area contributed by atoms with Crippen LogP contribution >= 0.6 is 0 Å². The minimum absolute atomic E-state index is 0.0411. The van der Waals surface area contributed by atoms with Gasteiger partial charge in [-0.15, -0.1) is 0 Å². The van der Waals surface area contributed by atoms with Crippen LogP contribution in [-0.4, -0.2) is 48.2 Å². The van der Waals surface area contributed by atoms with Gasteiger partial charge < -0.3 is 9.47 Å². The van der Waals surface area contributed by atoms with Crippen molar-refractivity contribution in [1.82, 2.24) is 0 Å². The molecule has 1 saturated carbocycles. The smallest absolute Gasteiger partial charge is 0.296 e. The van der Waals surface area contributed by atoms with E-state index in [1.807, 2.05) is 26.0 Å². The zero-order valence-corrected chi connectivity index (χ0v) is 28.5. The summed E-state index contributed by atoms with van der Waals surface area (Å²) in [5, 5.41) is 0. The second-order valence-electron chi connectivity index (χ2n) is 13.8. The van der Waals surface area contributed by atoms with Crippen molar-refractivity contribution in [3.05, 3.63) is 71.3 Å².